The molecule has 194 valence electrons. The number of nitrogens with two attached hydrogens (primary N) is 1. The smallest absolute Gasteiger partial charge is 0.308 e. The molecule has 1 unspecified atom stereocenters. The number of rotatable bonds is 6. The van der Waals surface area contributed by atoms with E-state index in [-0.39, 0.29) is 0 Å². The highest BCUT2D eigenvalue weighted by Crippen LogP contribution is 2.36. The number of halogens is 5. The van der Waals surface area contributed by atoms with Crippen LogP contribution >= 0.6 is 65.7 Å². The average molecular weight is 711 g/mol. The second-order valence-corrected chi connectivity index (χ2v) is 11.2. The van der Waals surface area contributed by atoms with Gasteiger partial charge in [-0.25, -0.2) is 0 Å². The van der Waals surface area contributed by atoms with Gasteiger partial charge in [0, 0.05) is 45.4 Å². The molecule has 2 aromatic heterocycles. The van der Waals surface area contributed by atoms with Gasteiger partial charge in [0.1, 0.15) is 23.0 Å². The Morgan fingerprint density at radius 2 is 1.24 bits per heavy atom. The van der Waals surface area contributed by atoms with Gasteiger partial charge in [0.15, 0.2) is 5.75 Å². The van der Waals surface area contributed by atoms with Crippen LogP contribution in [0, 0.1) is 13.8 Å². The van der Waals surface area contributed by atoms with Crippen LogP contribution in [0.15, 0.2) is 70.1 Å². The van der Waals surface area contributed by atoms with E-state index in [9.17, 15) is 4.21 Å². The Hall–Kier alpha value is -2.08. The van der Waals surface area contributed by atoms with Gasteiger partial charge in [-0.3, -0.25) is 9.97 Å². The van der Waals surface area contributed by atoms with Gasteiger partial charge in [-0.15, -0.1) is 0 Å². The lowest BCUT2D eigenvalue weighted by molar-refractivity contribution is 0.474. The van der Waals surface area contributed by atoms with Gasteiger partial charge in [0.2, 0.25) is 0 Å². The molecule has 2 N–H and O–H groups in total. The Morgan fingerprint density at radius 3 is 1.73 bits per heavy atom. The normalized spacial score (nSPS) is 11.2. The van der Waals surface area contributed by atoms with Crippen LogP contribution < -0.4 is 19.4 Å². The molecule has 37 heavy (non-hydrogen) atoms. The summed E-state index contributed by atoms with van der Waals surface area (Å²) in [5, 5.41) is 1.02. The van der Waals surface area contributed by atoms with Gasteiger partial charge < -0.3 is 19.4 Å². The van der Waals surface area contributed by atoms with E-state index in [0.29, 0.717) is 43.2 Å². The van der Waals surface area contributed by atoms with Crippen LogP contribution in [0.4, 0.5) is 5.69 Å². The molecular weight excluding hydrogens is 693 g/mol. The summed E-state index contributed by atoms with van der Waals surface area (Å²) in [5.74, 6) is 2.79. The number of anilines is 1. The zero-order valence-electron chi connectivity index (χ0n) is 19.2. The zero-order chi connectivity index (χ0) is 27.1. The molecule has 0 fully saturated rings. The van der Waals surface area contributed by atoms with E-state index < -0.39 is 10.3 Å². The van der Waals surface area contributed by atoms with Gasteiger partial charge >= 0.3 is 10.3 Å². The summed E-state index contributed by atoms with van der Waals surface area (Å²) in [6.07, 6.45) is 6.23. The Morgan fingerprint density at radius 1 is 0.757 bits per heavy atom. The van der Waals surface area contributed by atoms with E-state index in [2.05, 4.69) is 41.8 Å². The summed E-state index contributed by atoms with van der Waals surface area (Å²) in [4.78, 5) is 7.90. The van der Waals surface area contributed by atoms with Gasteiger partial charge in [0.25, 0.3) is 0 Å². The van der Waals surface area contributed by atoms with Crippen LogP contribution in [0.3, 0.4) is 0 Å². The maximum atomic E-state index is 10.9. The first kappa shape index (κ1) is 29.5. The van der Waals surface area contributed by atoms with E-state index in [4.69, 9.17) is 53.3 Å². The fourth-order valence-electron chi connectivity index (χ4n) is 2.83. The lowest BCUT2D eigenvalue weighted by atomic mass is 10.2. The number of ether oxygens (including phenoxy) is 2. The number of hydrogen-bond donors (Lipinski definition) is 1. The standard InChI is InChI=1S/C12H8BrCl2NO3S.C12H10BrClN2O/c1-7-2-12(19-20(15)17)10(13)4-11(7)18-9-3-8(14)5-16-6-9;1-7-2-11(15)10(13)4-12(7)17-9-3-8(14)5-16-6-9/h2-6H,1H3;2-6H,15H2,1H3. The molecule has 1 atom stereocenters. The van der Waals surface area contributed by atoms with E-state index in [1.807, 2.05) is 26.0 Å². The van der Waals surface area contributed by atoms with Crippen LogP contribution in [0.1, 0.15) is 11.1 Å². The van der Waals surface area contributed by atoms with E-state index in [1.54, 1.807) is 42.9 Å². The number of pyridine rings is 2. The van der Waals surface area contributed by atoms with Gasteiger partial charge in [0.05, 0.1) is 26.9 Å². The molecule has 0 bridgehead atoms. The summed E-state index contributed by atoms with van der Waals surface area (Å²) < 4.78 is 28.6. The predicted octanol–water partition coefficient (Wildman–Crippen LogP) is 8.97. The lowest BCUT2D eigenvalue weighted by Gasteiger charge is -2.11. The third-order valence-corrected chi connectivity index (χ3v) is 6.71. The first-order valence-corrected chi connectivity index (χ1v) is 14.4. The minimum absolute atomic E-state index is 0.368. The Kier molecular flexibility index (Phi) is 10.9. The molecule has 0 aliphatic heterocycles. The molecule has 2 heterocycles. The van der Waals surface area contributed by atoms with E-state index in [0.717, 1.165) is 21.3 Å². The summed E-state index contributed by atoms with van der Waals surface area (Å²) in [5.41, 5.74) is 8.18. The van der Waals surface area contributed by atoms with Crippen molar-refractivity contribution in [3.05, 3.63) is 91.3 Å². The molecule has 4 rings (SSSR count). The maximum absolute atomic E-state index is 10.9. The topological polar surface area (TPSA) is 96.6 Å². The number of hydrogen-bond acceptors (Lipinski definition) is 7. The molecule has 0 saturated heterocycles. The molecule has 0 radical (unpaired) electrons. The summed E-state index contributed by atoms with van der Waals surface area (Å²) in [7, 11) is 3.39. The van der Waals surface area contributed by atoms with E-state index >= 15 is 0 Å². The SMILES string of the molecule is Cc1cc(N)c(Br)cc1Oc1cncc(Cl)c1.Cc1cc(OS(=O)Cl)c(Br)cc1Oc1cncc(Cl)c1. The van der Waals surface area contributed by atoms with Crippen LogP contribution in [-0.4, -0.2) is 14.2 Å². The first-order valence-electron chi connectivity index (χ1n) is 10.2. The van der Waals surface area contributed by atoms with Crippen molar-refractivity contribution in [2.24, 2.45) is 0 Å². The highest BCUT2D eigenvalue weighted by molar-refractivity contribution is 9.11. The Balaban J connectivity index is 0.000000208. The zero-order valence-corrected chi connectivity index (χ0v) is 25.4. The van der Waals surface area contributed by atoms with Crippen molar-refractivity contribution in [2.45, 2.75) is 13.8 Å². The monoisotopic (exact) mass is 707 g/mol. The molecule has 2 aromatic carbocycles. The quantitative estimate of drug-likeness (QED) is 0.158. The molecule has 0 aliphatic carbocycles. The van der Waals surface area contributed by atoms with Gasteiger partial charge in [-0.05, 0) is 81.1 Å². The number of nitrogen functional groups attached to an aromatic ring is 1. The molecule has 0 aliphatic rings. The van der Waals surface area contributed by atoms with E-state index in [1.165, 1.54) is 6.20 Å². The Bertz CT molecular complexity index is 1450. The summed E-state index contributed by atoms with van der Waals surface area (Å²) in [6.45, 7) is 3.75. The van der Waals surface area contributed by atoms with Crippen LogP contribution in [0.5, 0.6) is 28.7 Å². The molecule has 4 aromatic rings. The Labute approximate surface area is 247 Å². The second-order valence-electron chi connectivity index (χ2n) is 7.35. The van der Waals surface area contributed by atoms with Crippen molar-refractivity contribution in [3.8, 4) is 28.7 Å². The minimum Gasteiger partial charge on any atom is -0.455 e. The number of benzene rings is 2. The van der Waals surface area contributed by atoms with Gasteiger partial charge in [-0.1, -0.05) is 23.2 Å². The highest BCUT2D eigenvalue weighted by Gasteiger charge is 2.11. The third kappa shape index (κ3) is 9.01. The lowest BCUT2D eigenvalue weighted by Crippen LogP contribution is -1.95. The summed E-state index contributed by atoms with van der Waals surface area (Å²) >= 11 is 18.3. The van der Waals surface area contributed by atoms with Crippen molar-refractivity contribution in [1.82, 2.24) is 9.97 Å². The van der Waals surface area contributed by atoms with Crippen molar-refractivity contribution < 1.29 is 17.9 Å². The molecule has 7 nitrogen and oxygen atoms in total. The van der Waals surface area contributed by atoms with Crippen molar-refractivity contribution >= 4 is 81.7 Å². The molecule has 0 spiro atoms. The second kappa shape index (κ2) is 13.6. The number of nitrogens with zero attached hydrogens (tertiary/aromatic N) is 2. The fraction of sp³-hybridized carbons (Fsp3) is 0.0833. The average Bonchev–Trinajstić information content (AvgIpc) is 2.81. The highest BCUT2D eigenvalue weighted by atomic mass is 79.9. The number of aromatic nitrogens is 2. The molecule has 13 heteroatoms. The molecule has 0 saturated carbocycles. The fourth-order valence-corrected chi connectivity index (χ4v) is 4.47. The molecule has 0 amide bonds. The van der Waals surface area contributed by atoms with Crippen molar-refractivity contribution in [3.63, 3.8) is 0 Å². The maximum Gasteiger partial charge on any atom is 0.308 e. The first-order chi connectivity index (χ1) is 17.5. The summed E-state index contributed by atoms with van der Waals surface area (Å²) in [6, 6.07) is 10.4. The molecular formula is C24H18Br2Cl3N3O4S. The third-order valence-electron chi connectivity index (χ3n) is 4.49. The number of aryl methyl sites for hydroxylation is 2. The van der Waals surface area contributed by atoms with Crippen molar-refractivity contribution in [1.29, 1.82) is 0 Å². The minimum atomic E-state index is -1.91. The van der Waals surface area contributed by atoms with Crippen LogP contribution in [0.2, 0.25) is 10.0 Å². The van der Waals surface area contributed by atoms with Crippen LogP contribution in [-0.2, 0) is 10.3 Å². The largest absolute Gasteiger partial charge is 0.455 e. The van der Waals surface area contributed by atoms with Gasteiger partial charge in [-0.2, -0.15) is 4.21 Å². The van der Waals surface area contributed by atoms with Crippen molar-refractivity contribution in [2.75, 3.05) is 5.73 Å². The van der Waals surface area contributed by atoms with Crippen LogP contribution in [0.25, 0.3) is 0 Å². The predicted molar refractivity (Wildman–Crippen MR) is 155 cm³/mol.